The minimum atomic E-state index is -2.65. The highest BCUT2D eigenvalue weighted by atomic mass is 79.9. The number of anilines is 1. The molecule has 162 valence electrons. The third-order valence-corrected chi connectivity index (χ3v) is 6.75. The monoisotopic (exact) mass is 497 g/mol. The van der Waals surface area contributed by atoms with E-state index in [0.717, 1.165) is 30.4 Å². The summed E-state index contributed by atoms with van der Waals surface area (Å²) in [5.74, 6) is 0. The maximum Gasteiger partial charge on any atom is 0.266 e. The van der Waals surface area contributed by atoms with Gasteiger partial charge in [-0.1, -0.05) is 41.9 Å². The Kier molecular flexibility index (Phi) is 8.02. The zero-order valence-electron chi connectivity index (χ0n) is 17.0. The van der Waals surface area contributed by atoms with E-state index < -0.39 is 17.4 Å². The summed E-state index contributed by atoms with van der Waals surface area (Å²) in [6, 6.07) is 12.7. The first kappa shape index (κ1) is 22.9. The maximum absolute atomic E-state index is 13.8. The summed E-state index contributed by atoms with van der Waals surface area (Å²) in [5.41, 5.74) is 1.10. The SMILES string of the molecule is CC.O=S(c1cccc(Br)c1)n1cc(C(F)F)c2c(NC3CCNCC3)cccc21. The highest BCUT2D eigenvalue weighted by Gasteiger charge is 2.23. The number of nitrogens with zero attached hydrogens (tertiary/aromatic N) is 1. The first-order valence-corrected chi connectivity index (χ1v) is 12.0. The van der Waals surface area contributed by atoms with Crippen molar-refractivity contribution in [1.29, 1.82) is 0 Å². The van der Waals surface area contributed by atoms with Gasteiger partial charge in [0, 0.05) is 33.3 Å². The molecule has 1 fully saturated rings. The summed E-state index contributed by atoms with van der Waals surface area (Å²) in [5, 5.41) is 7.17. The molecule has 4 rings (SSSR count). The molecular formula is C22H26BrF2N3OS. The average Bonchev–Trinajstić information content (AvgIpc) is 3.16. The first-order valence-electron chi connectivity index (χ1n) is 10.1. The van der Waals surface area contributed by atoms with Gasteiger partial charge in [0.15, 0.2) is 11.0 Å². The molecule has 0 radical (unpaired) electrons. The topological polar surface area (TPSA) is 46.1 Å². The van der Waals surface area contributed by atoms with Crippen molar-refractivity contribution in [2.75, 3.05) is 18.4 Å². The maximum atomic E-state index is 13.8. The molecule has 1 unspecified atom stereocenters. The number of hydrogen-bond donors (Lipinski definition) is 2. The van der Waals surface area contributed by atoms with E-state index in [2.05, 4.69) is 26.6 Å². The minimum absolute atomic E-state index is 0.101. The van der Waals surface area contributed by atoms with Crippen LogP contribution in [0.3, 0.4) is 0 Å². The summed E-state index contributed by atoms with van der Waals surface area (Å²) < 4.78 is 43.0. The normalized spacial score (nSPS) is 15.7. The number of aromatic nitrogens is 1. The van der Waals surface area contributed by atoms with Gasteiger partial charge >= 0.3 is 0 Å². The van der Waals surface area contributed by atoms with Crippen LogP contribution in [-0.4, -0.2) is 27.3 Å². The van der Waals surface area contributed by atoms with Crippen molar-refractivity contribution >= 4 is 43.5 Å². The molecule has 1 atom stereocenters. The summed E-state index contributed by atoms with van der Waals surface area (Å²) in [6.07, 6.45) is 0.537. The van der Waals surface area contributed by atoms with E-state index in [0.29, 0.717) is 21.5 Å². The lowest BCUT2D eigenvalue weighted by Crippen LogP contribution is -2.35. The number of piperidine rings is 1. The lowest BCUT2D eigenvalue weighted by Gasteiger charge is -2.25. The van der Waals surface area contributed by atoms with Crippen LogP contribution >= 0.6 is 15.9 Å². The molecule has 0 spiro atoms. The number of rotatable bonds is 5. The van der Waals surface area contributed by atoms with Crippen molar-refractivity contribution in [2.24, 2.45) is 0 Å². The van der Waals surface area contributed by atoms with E-state index in [1.807, 2.05) is 32.0 Å². The Morgan fingerprint density at radius 1 is 1.17 bits per heavy atom. The van der Waals surface area contributed by atoms with E-state index in [-0.39, 0.29) is 11.6 Å². The zero-order chi connectivity index (χ0) is 21.7. The lowest BCUT2D eigenvalue weighted by molar-refractivity contribution is 0.153. The molecule has 1 saturated heterocycles. The predicted octanol–water partition coefficient (Wildman–Crippen LogP) is 6.10. The van der Waals surface area contributed by atoms with Gasteiger partial charge in [-0.3, -0.25) is 3.97 Å². The van der Waals surface area contributed by atoms with Crippen molar-refractivity contribution in [1.82, 2.24) is 9.29 Å². The van der Waals surface area contributed by atoms with Crippen molar-refractivity contribution in [3.63, 3.8) is 0 Å². The molecule has 0 aliphatic carbocycles. The number of nitrogens with one attached hydrogen (secondary N) is 2. The van der Waals surface area contributed by atoms with Gasteiger partial charge in [-0.25, -0.2) is 13.0 Å². The third-order valence-electron chi connectivity index (χ3n) is 4.94. The van der Waals surface area contributed by atoms with E-state index in [9.17, 15) is 13.0 Å². The molecule has 1 aliphatic rings. The molecule has 1 aromatic heterocycles. The predicted molar refractivity (Wildman–Crippen MR) is 124 cm³/mol. The Hall–Kier alpha value is -1.77. The molecule has 4 nitrogen and oxygen atoms in total. The van der Waals surface area contributed by atoms with Crippen molar-refractivity contribution in [2.45, 2.75) is 44.1 Å². The standard InChI is InChI=1S/C20H20BrF2N3OS.C2H6/c21-13-3-1-4-15(11-13)28(27)26-12-16(20(22)23)19-17(5-2-6-18(19)26)25-14-7-9-24-10-8-14;1-2/h1-6,11-12,14,20,24-25H,7-10H2;1-2H3. The van der Waals surface area contributed by atoms with Gasteiger partial charge in [-0.15, -0.1) is 0 Å². The highest BCUT2D eigenvalue weighted by molar-refractivity contribution is 9.10. The first-order chi connectivity index (χ1) is 14.5. The van der Waals surface area contributed by atoms with Gasteiger partial charge in [0.2, 0.25) is 0 Å². The van der Waals surface area contributed by atoms with E-state index in [1.165, 1.54) is 10.2 Å². The van der Waals surface area contributed by atoms with Crippen LogP contribution in [0.5, 0.6) is 0 Å². The van der Waals surface area contributed by atoms with Crippen LogP contribution in [0.1, 0.15) is 38.7 Å². The van der Waals surface area contributed by atoms with E-state index >= 15 is 0 Å². The number of benzene rings is 2. The van der Waals surface area contributed by atoms with Crippen molar-refractivity contribution in [3.8, 4) is 0 Å². The molecular weight excluding hydrogens is 472 g/mol. The number of alkyl halides is 2. The Labute approximate surface area is 186 Å². The largest absolute Gasteiger partial charge is 0.382 e. The Morgan fingerprint density at radius 2 is 1.87 bits per heavy atom. The fourth-order valence-corrected chi connectivity index (χ4v) is 5.33. The fraction of sp³-hybridized carbons (Fsp3) is 0.364. The summed E-state index contributed by atoms with van der Waals surface area (Å²) in [7, 11) is -1.63. The lowest BCUT2D eigenvalue weighted by atomic mass is 10.0. The van der Waals surface area contributed by atoms with Crippen LogP contribution in [0.2, 0.25) is 0 Å². The van der Waals surface area contributed by atoms with Crippen LogP contribution in [0.4, 0.5) is 14.5 Å². The Bertz CT molecular complexity index is 1020. The molecule has 8 heteroatoms. The molecule has 30 heavy (non-hydrogen) atoms. The molecule has 3 aromatic rings. The second-order valence-corrected chi connectivity index (χ2v) is 9.06. The van der Waals surface area contributed by atoms with Gasteiger partial charge in [0.05, 0.1) is 10.4 Å². The van der Waals surface area contributed by atoms with E-state index in [1.54, 1.807) is 24.3 Å². The quantitative estimate of drug-likeness (QED) is 0.447. The molecule has 2 aromatic carbocycles. The summed E-state index contributed by atoms with van der Waals surface area (Å²) >= 11 is 3.37. The van der Waals surface area contributed by atoms with Crippen LogP contribution < -0.4 is 10.6 Å². The molecule has 2 N–H and O–H groups in total. The van der Waals surface area contributed by atoms with Gasteiger partial charge < -0.3 is 10.6 Å². The van der Waals surface area contributed by atoms with Crippen molar-refractivity contribution < 1.29 is 13.0 Å². The van der Waals surface area contributed by atoms with Gasteiger partial charge in [-0.2, -0.15) is 0 Å². The van der Waals surface area contributed by atoms with Crippen LogP contribution in [0.15, 0.2) is 58.0 Å². The zero-order valence-corrected chi connectivity index (χ0v) is 19.4. The Balaban J connectivity index is 0.00000124. The molecule has 1 aliphatic heterocycles. The molecule has 0 bridgehead atoms. The van der Waals surface area contributed by atoms with Gasteiger partial charge in [0.1, 0.15) is 0 Å². The highest BCUT2D eigenvalue weighted by Crippen LogP contribution is 2.36. The third kappa shape index (κ3) is 4.92. The van der Waals surface area contributed by atoms with Crippen molar-refractivity contribution in [3.05, 3.63) is 58.7 Å². The summed E-state index contributed by atoms with van der Waals surface area (Å²) in [4.78, 5) is 0.545. The van der Waals surface area contributed by atoms with Gasteiger partial charge in [0.25, 0.3) is 6.43 Å². The average molecular weight is 498 g/mol. The van der Waals surface area contributed by atoms with Crippen LogP contribution in [-0.2, 0) is 11.0 Å². The second-order valence-electron chi connectivity index (χ2n) is 6.79. The second kappa shape index (κ2) is 10.5. The van der Waals surface area contributed by atoms with Crippen LogP contribution in [0.25, 0.3) is 10.9 Å². The number of fused-ring (bicyclic) bond motifs is 1. The smallest absolute Gasteiger partial charge is 0.266 e. The number of halogens is 3. The van der Waals surface area contributed by atoms with Gasteiger partial charge in [-0.05, 0) is 56.3 Å². The Morgan fingerprint density at radius 3 is 2.53 bits per heavy atom. The summed E-state index contributed by atoms with van der Waals surface area (Å²) in [6.45, 7) is 5.81. The van der Waals surface area contributed by atoms with Crippen LogP contribution in [0, 0.1) is 0 Å². The molecule has 0 amide bonds. The molecule has 0 saturated carbocycles. The van der Waals surface area contributed by atoms with E-state index in [4.69, 9.17) is 0 Å². The minimum Gasteiger partial charge on any atom is -0.382 e. The number of hydrogen-bond acceptors (Lipinski definition) is 3. The molecule has 2 heterocycles. The fourth-order valence-electron chi connectivity index (χ4n) is 3.59.